The smallest absolute Gasteiger partial charge is 0.356 e. The Kier molecular flexibility index (Phi) is 3.01. The lowest BCUT2D eigenvalue weighted by Gasteiger charge is -2.06. The standard InChI is InChI=1S/C11H9ClN2O3/c1-17-8-4-2-7(3-5-8)14-6-13-10(12)9(14)11(15)16/h2-6H,1H3,(H,15,16). The molecule has 1 aromatic carbocycles. The number of imidazole rings is 1. The minimum absolute atomic E-state index is 0.0340. The summed E-state index contributed by atoms with van der Waals surface area (Å²) in [5.74, 6) is -0.430. The largest absolute Gasteiger partial charge is 0.497 e. The van der Waals surface area contributed by atoms with Crippen molar-refractivity contribution in [3.8, 4) is 11.4 Å². The molecule has 2 rings (SSSR count). The number of carboxylic acids is 1. The molecule has 6 heteroatoms. The average Bonchev–Trinajstić information content (AvgIpc) is 2.71. The van der Waals surface area contributed by atoms with Crippen molar-refractivity contribution in [3.63, 3.8) is 0 Å². The number of hydrogen-bond donors (Lipinski definition) is 1. The molecule has 0 radical (unpaired) electrons. The first-order chi connectivity index (χ1) is 8.13. The molecule has 2 aromatic rings. The van der Waals surface area contributed by atoms with Crippen LogP contribution < -0.4 is 4.74 Å². The van der Waals surface area contributed by atoms with E-state index in [1.54, 1.807) is 31.4 Å². The predicted molar refractivity (Wildman–Crippen MR) is 62.1 cm³/mol. The van der Waals surface area contributed by atoms with E-state index in [2.05, 4.69) is 4.98 Å². The van der Waals surface area contributed by atoms with Crippen LogP contribution in [0.25, 0.3) is 5.69 Å². The molecular weight excluding hydrogens is 244 g/mol. The van der Waals surface area contributed by atoms with Gasteiger partial charge in [-0.1, -0.05) is 11.6 Å². The maximum absolute atomic E-state index is 11.0. The van der Waals surface area contributed by atoms with E-state index in [9.17, 15) is 4.79 Å². The van der Waals surface area contributed by atoms with Gasteiger partial charge in [0, 0.05) is 5.69 Å². The number of carboxylic acid groups (broad SMARTS) is 1. The molecule has 0 aliphatic carbocycles. The highest BCUT2D eigenvalue weighted by Gasteiger charge is 2.17. The topological polar surface area (TPSA) is 64.4 Å². The number of halogens is 1. The van der Waals surface area contributed by atoms with E-state index in [0.29, 0.717) is 11.4 Å². The van der Waals surface area contributed by atoms with E-state index in [4.69, 9.17) is 21.4 Å². The first-order valence-electron chi connectivity index (χ1n) is 4.74. The highest BCUT2D eigenvalue weighted by molar-refractivity contribution is 6.32. The van der Waals surface area contributed by atoms with Gasteiger partial charge in [0.25, 0.3) is 0 Å². The molecule has 1 N–H and O–H groups in total. The van der Waals surface area contributed by atoms with E-state index in [0.717, 1.165) is 0 Å². The second-order valence-corrected chi connectivity index (χ2v) is 3.62. The third kappa shape index (κ3) is 2.09. The molecule has 0 aliphatic heterocycles. The van der Waals surface area contributed by atoms with Crippen LogP contribution in [0, 0.1) is 0 Å². The van der Waals surface area contributed by atoms with Gasteiger partial charge < -0.3 is 9.84 Å². The Morgan fingerprint density at radius 1 is 1.41 bits per heavy atom. The zero-order valence-corrected chi connectivity index (χ0v) is 9.68. The maximum Gasteiger partial charge on any atom is 0.356 e. The van der Waals surface area contributed by atoms with Crippen LogP contribution in [0.4, 0.5) is 0 Å². The van der Waals surface area contributed by atoms with Crippen molar-refractivity contribution < 1.29 is 14.6 Å². The molecule has 88 valence electrons. The van der Waals surface area contributed by atoms with Gasteiger partial charge in [-0.25, -0.2) is 9.78 Å². The van der Waals surface area contributed by atoms with Crippen molar-refractivity contribution in [1.29, 1.82) is 0 Å². The Morgan fingerprint density at radius 3 is 2.59 bits per heavy atom. The molecule has 0 fully saturated rings. The lowest BCUT2D eigenvalue weighted by atomic mass is 10.3. The number of aromatic nitrogens is 2. The molecule has 0 bridgehead atoms. The van der Waals surface area contributed by atoms with Gasteiger partial charge in [0.1, 0.15) is 12.1 Å². The van der Waals surface area contributed by atoms with Crippen molar-refractivity contribution in [2.75, 3.05) is 7.11 Å². The second kappa shape index (κ2) is 4.47. The first kappa shape index (κ1) is 11.5. The van der Waals surface area contributed by atoms with Crippen molar-refractivity contribution >= 4 is 17.6 Å². The lowest BCUT2D eigenvalue weighted by molar-refractivity contribution is 0.0688. The zero-order chi connectivity index (χ0) is 12.4. The third-order valence-corrected chi connectivity index (χ3v) is 2.55. The maximum atomic E-state index is 11.0. The van der Waals surface area contributed by atoms with Gasteiger partial charge in [-0.3, -0.25) is 4.57 Å². The van der Waals surface area contributed by atoms with E-state index >= 15 is 0 Å². The second-order valence-electron chi connectivity index (χ2n) is 3.26. The van der Waals surface area contributed by atoms with Crippen LogP contribution >= 0.6 is 11.6 Å². The van der Waals surface area contributed by atoms with E-state index < -0.39 is 5.97 Å². The van der Waals surface area contributed by atoms with Gasteiger partial charge in [-0.05, 0) is 24.3 Å². The van der Waals surface area contributed by atoms with Gasteiger partial charge in [-0.15, -0.1) is 0 Å². The van der Waals surface area contributed by atoms with Crippen LogP contribution in [0.5, 0.6) is 5.75 Å². The molecule has 0 unspecified atom stereocenters. The number of hydrogen-bond acceptors (Lipinski definition) is 3. The van der Waals surface area contributed by atoms with Crippen molar-refractivity contribution in [2.45, 2.75) is 0 Å². The molecule has 1 heterocycles. The highest BCUT2D eigenvalue weighted by atomic mass is 35.5. The minimum atomic E-state index is -1.12. The summed E-state index contributed by atoms with van der Waals surface area (Å²) in [7, 11) is 1.56. The fourth-order valence-corrected chi connectivity index (χ4v) is 1.67. The van der Waals surface area contributed by atoms with E-state index in [1.165, 1.54) is 10.9 Å². The number of methoxy groups -OCH3 is 1. The van der Waals surface area contributed by atoms with Gasteiger partial charge in [0.2, 0.25) is 0 Å². The Morgan fingerprint density at radius 2 is 2.06 bits per heavy atom. The average molecular weight is 253 g/mol. The minimum Gasteiger partial charge on any atom is -0.497 e. The molecule has 5 nitrogen and oxygen atoms in total. The molecule has 0 saturated heterocycles. The van der Waals surface area contributed by atoms with E-state index in [-0.39, 0.29) is 10.8 Å². The number of benzene rings is 1. The molecule has 0 amide bonds. The molecule has 0 aliphatic rings. The Hall–Kier alpha value is -2.01. The van der Waals surface area contributed by atoms with E-state index in [1.807, 2.05) is 0 Å². The number of carbonyl (C=O) groups is 1. The summed E-state index contributed by atoms with van der Waals surface area (Å²) in [5.41, 5.74) is 0.597. The summed E-state index contributed by atoms with van der Waals surface area (Å²) in [6.07, 6.45) is 1.37. The third-order valence-electron chi connectivity index (χ3n) is 2.28. The van der Waals surface area contributed by atoms with Crippen LogP contribution in [-0.2, 0) is 0 Å². The summed E-state index contributed by atoms with van der Waals surface area (Å²) in [5, 5.41) is 8.99. The summed E-state index contributed by atoms with van der Waals surface area (Å²) in [4.78, 5) is 14.8. The van der Waals surface area contributed by atoms with Crippen LogP contribution in [0.15, 0.2) is 30.6 Å². The van der Waals surface area contributed by atoms with Gasteiger partial charge >= 0.3 is 5.97 Å². The molecule has 17 heavy (non-hydrogen) atoms. The van der Waals surface area contributed by atoms with Gasteiger partial charge in [0.05, 0.1) is 7.11 Å². The SMILES string of the molecule is COc1ccc(-n2cnc(Cl)c2C(=O)O)cc1. The quantitative estimate of drug-likeness (QED) is 0.910. The van der Waals surface area contributed by atoms with Crippen LogP contribution in [0.3, 0.4) is 0 Å². The Bertz CT molecular complexity index is 548. The number of ether oxygens (including phenoxy) is 1. The number of rotatable bonds is 3. The molecule has 1 aromatic heterocycles. The molecule has 0 saturated carbocycles. The van der Waals surface area contributed by atoms with Gasteiger partial charge in [-0.2, -0.15) is 0 Å². The Labute approximate surface area is 102 Å². The Balaban J connectivity index is 2.49. The molecular formula is C11H9ClN2O3. The van der Waals surface area contributed by atoms with Crippen LogP contribution in [0.1, 0.15) is 10.5 Å². The normalized spacial score (nSPS) is 10.2. The fourth-order valence-electron chi connectivity index (χ4n) is 1.46. The summed E-state index contributed by atoms with van der Waals surface area (Å²) >= 11 is 5.71. The van der Waals surface area contributed by atoms with Crippen molar-refractivity contribution in [2.24, 2.45) is 0 Å². The van der Waals surface area contributed by atoms with Crippen molar-refractivity contribution in [1.82, 2.24) is 9.55 Å². The van der Waals surface area contributed by atoms with Crippen LogP contribution in [0.2, 0.25) is 5.15 Å². The monoisotopic (exact) mass is 252 g/mol. The number of nitrogens with zero attached hydrogens (tertiary/aromatic N) is 2. The van der Waals surface area contributed by atoms with Crippen molar-refractivity contribution in [3.05, 3.63) is 41.4 Å². The van der Waals surface area contributed by atoms with Crippen LogP contribution in [-0.4, -0.2) is 27.7 Å². The first-order valence-corrected chi connectivity index (χ1v) is 5.12. The summed E-state index contributed by atoms with van der Waals surface area (Å²) < 4.78 is 6.43. The highest BCUT2D eigenvalue weighted by Crippen LogP contribution is 2.20. The summed E-state index contributed by atoms with van der Waals surface area (Å²) in [6, 6.07) is 6.91. The molecule has 0 spiro atoms. The van der Waals surface area contributed by atoms with Gasteiger partial charge in [0.15, 0.2) is 10.8 Å². The summed E-state index contributed by atoms with van der Waals surface area (Å²) in [6.45, 7) is 0. The lowest BCUT2D eigenvalue weighted by Crippen LogP contribution is -2.06. The molecule has 0 atom stereocenters. The predicted octanol–water partition coefficient (Wildman–Crippen LogP) is 2.23. The number of aromatic carboxylic acids is 1. The fraction of sp³-hybridized carbons (Fsp3) is 0.0909. The zero-order valence-electron chi connectivity index (χ0n) is 8.92.